The number of ether oxygens (including phenoxy) is 1. The number of nitrogens with zero attached hydrogens (tertiary/aromatic N) is 2. The van der Waals surface area contributed by atoms with E-state index in [1.165, 1.54) is 4.90 Å². The summed E-state index contributed by atoms with van der Waals surface area (Å²) in [4.78, 5) is 42.2. The Morgan fingerprint density at radius 1 is 1.18 bits per heavy atom. The van der Waals surface area contributed by atoms with E-state index < -0.39 is 29.7 Å². The van der Waals surface area contributed by atoms with Gasteiger partial charge in [-0.2, -0.15) is 0 Å². The molecule has 0 atom stereocenters. The van der Waals surface area contributed by atoms with Crippen LogP contribution in [0.2, 0.25) is 0 Å². The number of aliphatic hydroxyl groups is 1. The molecule has 1 saturated carbocycles. The number of amides is 2. The van der Waals surface area contributed by atoms with Crippen molar-refractivity contribution in [2.45, 2.75) is 32.7 Å². The summed E-state index contributed by atoms with van der Waals surface area (Å²) in [7, 11) is 0. The van der Waals surface area contributed by atoms with Crippen molar-refractivity contribution in [3.63, 3.8) is 0 Å². The Hall–Kier alpha value is -3.88. The van der Waals surface area contributed by atoms with Gasteiger partial charge in [0, 0.05) is 30.8 Å². The molecule has 1 aromatic carbocycles. The van der Waals surface area contributed by atoms with Crippen molar-refractivity contribution in [2.24, 2.45) is 5.41 Å². The molecular formula is C24H25N3O6. The molecule has 0 saturated heterocycles. The molecule has 1 spiro atoms. The third-order valence-electron chi connectivity index (χ3n) is 6.09. The lowest BCUT2D eigenvalue weighted by Gasteiger charge is -2.48. The molecule has 2 heterocycles. The molecule has 2 amide bonds. The molecule has 2 aliphatic rings. The predicted molar refractivity (Wildman–Crippen MR) is 117 cm³/mol. The molecule has 9 nitrogen and oxygen atoms in total. The Kier molecular flexibility index (Phi) is 6.04. The van der Waals surface area contributed by atoms with Crippen LogP contribution >= 0.6 is 0 Å². The number of carboxylic acid groups (broad SMARTS) is 1. The fourth-order valence-corrected chi connectivity index (χ4v) is 4.12. The van der Waals surface area contributed by atoms with E-state index >= 15 is 0 Å². The van der Waals surface area contributed by atoms with Crippen molar-refractivity contribution in [1.82, 2.24) is 15.2 Å². The second-order valence-corrected chi connectivity index (χ2v) is 8.51. The van der Waals surface area contributed by atoms with E-state index in [9.17, 15) is 19.5 Å². The number of nitrogens with one attached hydrogen (secondary N) is 1. The van der Waals surface area contributed by atoms with Gasteiger partial charge in [0.2, 0.25) is 5.88 Å². The van der Waals surface area contributed by atoms with Crippen molar-refractivity contribution in [2.75, 3.05) is 13.1 Å². The standard InChI is InChI=1S/C24H25N3O6/c1-15-3-6-17(7-4-15)33-18-8-5-16(11-25-18)13-27-14-24(9-2-10-24)21(30)20(23(27)32)22(31)26-12-19(28)29/h3-8,11,30H,2,9-10,12-14H2,1H3,(H,26,31)(H,28,29). The number of aryl methyl sites for hydroxylation is 1. The Balaban J connectivity index is 1.49. The highest BCUT2D eigenvalue weighted by Crippen LogP contribution is 2.50. The first kappa shape index (κ1) is 22.3. The van der Waals surface area contributed by atoms with Gasteiger partial charge in [0.25, 0.3) is 11.8 Å². The summed E-state index contributed by atoms with van der Waals surface area (Å²) in [6, 6.07) is 11.1. The Labute approximate surface area is 190 Å². The van der Waals surface area contributed by atoms with Gasteiger partial charge in [-0.3, -0.25) is 14.4 Å². The normalized spacial score (nSPS) is 17.0. The topological polar surface area (TPSA) is 129 Å². The molecule has 33 heavy (non-hydrogen) atoms. The summed E-state index contributed by atoms with van der Waals surface area (Å²) in [5.74, 6) is -1.91. The summed E-state index contributed by atoms with van der Waals surface area (Å²) in [6.07, 6.45) is 3.79. The minimum Gasteiger partial charge on any atom is -0.511 e. The van der Waals surface area contributed by atoms with Gasteiger partial charge < -0.3 is 25.2 Å². The average Bonchev–Trinajstić information content (AvgIpc) is 2.76. The van der Waals surface area contributed by atoms with Gasteiger partial charge in [0.1, 0.15) is 23.6 Å². The minimum atomic E-state index is -1.24. The number of pyridine rings is 1. The first-order chi connectivity index (χ1) is 15.8. The van der Waals surface area contributed by atoms with Gasteiger partial charge in [-0.15, -0.1) is 0 Å². The first-order valence-electron chi connectivity index (χ1n) is 10.7. The SMILES string of the molecule is Cc1ccc(Oc2ccc(CN3CC4(CCC4)C(O)=C(C(=O)NCC(=O)O)C3=O)cn2)cc1. The number of carboxylic acids is 1. The van der Waals surface area contributed by atoms with Crippen molar-refractivity contribution >= 4 is 17.8 Å². The molecule has 172 valence electrons. The van der Waals surface area contributed by atoms with Crippen LogP contribution in [0, 0.1) is 12.3 Å². The van der Waals surface area contributed by atoms with Crippen molar-refractivity contribution in [1.29, 1.82) is 0 Å². The number of hydrogen-bond acceptors (Lipinski definition) is 6. The molecule has 9 heteroatoms. The highest BCUT2D eigenvalue weighted by Gasteiger charge is 2.50. The van der Waals surface area contributed by atoms with Gasteiger partial charge in [0.05, 0.1) is 0 Å². The smallest absolute Gasteiger partial charge is 0.322 e. The molecule has 1 fully saturated rings. The van der Waals surface area contributed by atoms with Gasteiger partial charge in [-0.25, -0.2) is 4.98 Å². The lowest BCUT2D eigenvalue weighted by Crippen LogP contribution is -2.53. The minimum absolute atomic E-state index is 0.196. The third-order valence-corrected chi connectivity index (χ3v) is 6.09. The molecule has 1 aliphatic carbocycles. The van der Waals surface area contributed by atoms with Crippen LogP contribution < -0.4 is 10.1 Å². The fraction of sp³-hybridized carbons (Fsp3) is 0.333. The second-order valence-electron chi connectivity index (χ2n) is 8.51. The Bertz CT molecular complexity index is 1100. The van der Waals surface area contributed by atoms with Crippen LogP contribution in [0.15, 0.2) is 53.9 Å². The number of hydrogen-bond donors (Lipinski definition) is 3. The van der Waals surface area contributed by atoms with E-state index in [0.29, 0.717) is 24.5 Å². The highest BCUT2D eigenvalue weighted by atomic mass is 16.5. The van der Waals surface area contributed by atoms with Crippen LogP contribution in [-0.2, 0) is 20.9 Å². The van der Waals surface area contributed by atoms with E-state index in [1.54, 1.807) is 18.3 Å². The molecule has 2 aromatic rings. The quantitative estimate of drug-likeness (QED) is 0.552. The summed E-state index contributed by atoms with van der Waals surface area (Å²) in [5.41, 5.74) is 0.818. The Morgan fingerprint density at radius 2 is 1.91 bits per heavy atom. The van der Waals surface area contributed by atoms with Crippen LogP contribution in [-0.4, -0.2) is 51.0 Å². The zero-order chi connectivity index (χ0) is 23.6. The largest absolute Gasteiger partial charge is 0.511 e. The highest BCUT2D eigenvalue weighted by molar-refractivity contribution is 6.19. The Morgan fingerprint density at radius 3 is 2.48 bits per heavy atom. The number of carbonyl (C=O) groups is 3. The summed E-state index contributed by atoms with van der Waals surface area (Å²) in [5, 5.41) is 21.7. The molecule has 3 N–H and O–H groups in total. The van der Waals surface area contributed by atoms with Crippen molar-refractivity contribution in [3.05, 3.63) is 65.1 Å². The molecule has 1 aliphatic heterocycles. The molecule has 1 aromatic heterocycles. The zero-order valence-electron chi connectivity index (χ0n) is 18.2. The van der Waals surface area contributed by atoms with Crippen LogP contribution in [0.25, 0.3) is 0 Å². The molecule has 0 radical (unpaired) electrons. The molecular weight excluding hydrogens is 426 g/mol. The van der Waals surface area contributed by atoms with Crippen LogP contribution in [0.4, 0.5) is 0 Å². The van der Waals surface area contributed by atoms with Gasteiger partial charge in [-0.05, 0) is 37.5 Å². The monoisotopic (exact) mass is 451 g/mol. The van der Waals surface area contributed by atoms with Gasteiger partial charge in [0.15, 0.2) is 0 Å². The molecule has 4 rings (SSSR count). The zero-order valence-corrected chi connectivity index (χ0v) is 18.2. The van der Waals surface area contributed by atoms with Crippen LogP contribution in [0.5, 0.6) is 11.6 Å². The number of aromatic nitrogens is 1. The van der Waals surface area contributed by atoms with Crippen LogP contribution in [0.1, 0.15) is 30.4 Å². The maximum Gasteiger partial charge on any atom is 0.322 e. The van der Waals surface area contributed by atoms with E-state index in [0.717, 1.165) is 17.5 Å². The summed E-state index contributed by atoms with van der Waals surface area (Å²) in [6.45, 7) is 1.83. The van der Waals surface area contributed by atoms with E-state index in [1.807, 2.05) is 31.2 Å². The first-order valence-corrected chi connectivity index (χ1v) is 10.7. The maximum atomic E-state index is 13.0. The molecule has 0 unspecified atom stereocenters. The van der Waals surface area contributed by atoms with Crippen molar-refractivity contribution in [3.8, 4) is 11.6 Å². The number of rotatable bonds is 7. The second kappa shape index (κ2) is 8.93. The summed E-state index contributed by atoms with van der Waals surface area (Å²) >= 11 is 0. The maximum absolute atomic E-state index is 13.0. The third kappa shape index (κ3) is 4.67. The van der Waals surface area contributed by atoms with Gasteiger partial charge >= 0.3 is 5.97 Å². The molecule has 0 bridgehead atoms. The van der Waals surface area contributed by atoms with Crippen LogP contribution in [0.3, 0.4) is 0 Å². The average molecular weight is 451 g/mol. The summed E-state index contributed by atoms with van der Waals surface area (Å²) < 4.78 is 5.73. The lowest BCUT2D eigenvalue weighted by molar-refractivity contribution is -0.140. The lowest BCUT2D eigenvalue weighted by atomic mass is 9.64. The number of carbonyl (C=O) groups excluding carboxylic acids is 2. The van der Waals surface area contributed by atoms with E-state index in [2.05, 4.69) is 10.3 Å². The van der Waals surface area contributed by atoms with Crippen molar-refractivity contribution < 1.29 is 29.3 Å². The van der Waals surface area contributed by atoms with E-state index in [4.69, 9.17) is 9.84 Å². The van der Waals surface area contributed by atoms with Gasteiger partial charge in [-0.1, -0.05) is 30.2 Å². The number of aliphatic hydroxyl groups excluding tert-OH is 1. The fourth-order valence-electron chi connectivity index (χ4n) is 4.12. The number of aliphatic carboxylic acids is 1. The number of benzene rings is 1. The predicted octanol–water partition coefficient (Wildman–Crippen LogP) is 2.71. The van der Waals surface area contributed by atoms with E-state index in [-0.39, 0.29) is 24.4 Å².